The molecule has 0 aliphatic heterocycles. The van der Waals surface area contributed by atoms with Crippen molar-refractivity contribution in [2.75, 3.05) is 49.5 Å². The third-order valence-corrected chi connectivity index (χ3v) is 6.30. The lowest BCUT2D eigenvalue weighted by molar-refractivity contribution is -0.849. The van der Waals surface area contributed by atoms with Crippen LogP contribution in [-0.2, 0) is 12.6 Å². The summed E-state index contributed by atoms with van der Waals surface area (Å²) in [5.41, 5.74) is 4.09. The van der Waals surface area contributed by atoms with E-state index in [-0.39, 0.29) is 0 Å². The third kappa shape index (κ3) is 11.3. The highest BCUT2D eigenvalue weighted by atomic mass is 16.5. The Balaban J connectivity index is 0.000000877. The summed E-state index contributed by atoms with van der Waals surface area (Å²) in [7, 11) is 13.7. The quantitative estimate of drug-likeness (QED) is 0.198. The van der Waals surface area contributed by atoms with Gasteiger partial charge in [0.15, 0.2) is 6.71 Å². The fourth-order valence-corrected chi connectivity index (χ4v) is 4.44. The number of quaternary nitrogens is 1. The maximum Gasteiger partial charge on any atom is 0.157 e. The third-order valence-electron chi connectivity index (χ3n) is 6.30. The zero-order valence-electron chi connectivity index (χ0n) is 24.3. The van der Waals surface area contributed by atoms with Gasteiger partial charge in [0.25, 0.3) is 0 Å². The van der Waals surface area contributed by atoms with Crippen LogP contribution in [0.2, 0.25) is 0 Å². The lowest BCUT2D eigenvalue weighted by Gasteiger charge is -2.26. The van der Waals surface area contributed by atoms with Gasteiger partial charge in [-0.3, -0.25) is 0 Å². The molecule has 0 radical (unpaired) electrons. The lowest BCUT2D eigenvalue weighted by Crippen LogP contribution is -2.30. The Labute approximate surface area is 226 Å². The molecule has 0 spiro atoms. The van der Waals surface area contributed by atoms with E-state index in [0.29, 0.717) is 12.5 Å². The summed E-state index contributed by atoms with van der Waals surface area (Å²) < 4.78 is 17.1. The van der Waals surface area contributed by atoms with Gasteiger partial charge >= 0.3 is 0 Å². The van der Waals surface area contributed by atoms with Crippen LogP contribution in [0.5, 0.6) is 17.2 Å². The Kier molecular flexibility index (Phi) is 12.6. The number of ether oxygens (including phenoxy) is 3. The zero-order valence-corrected chi connectivity index (χ0v) is 24.3. The van der Waals surface area contributed by atoms with Gasteiger partial charge < -0.3 is 18.7 Å². The van der Waals surface area contributed by atoms with E-state index in [1.165, 1.54) is 36.0 Å². The summed E-state index contributed by atoms with van der Waals surface area (Å²) in [6, 6.07) is 25.7. The Morgan fingerprint density at radius 2 is 0.973 bits per heavy atom. The summed E-state index contributed by atoms with van der Waals surface area (Å²) in [5, 5.41) is 0. The monoisotopic (exact) mass is 504 g/mol. The number of methoxy groups -OCH3 is 3. The average Bonchev–Trinajstić information content (AvgIpc) is 2.89. The van der Waals surface area contributed by atoms with Gasteiger partial charge in [-0.05, 0) is 54.9 Å². The second-order valence-corrected chi connectivity index (χ2v) is 11.1. The maximum absolute atomic E-state index is 5.40. The molecule has 5 heteroatoms. The van der Waals surface area contributed by atoms with E-state index < -0.39 is 0 Å². The molecule has 200 valence electrons. The maximum atomic E-state index is 5.40. The molecule has 0 bridgehead atoms. The molecule has 0 saturated carbocycles. The van der Waals surface area contributed by atoms with E-state index in [0.717, 1.165) is 34.4 Å². The van der Waals surface area contributed by atoms with E-state index in [1.807, 2.05) is 0 Å². The van der Waals surface area contributed by atoms with Gasteiger partial charge in [-0.2, -0.15) is 0 Å². The van der Waals surface area contributed by atoms with E-state index in [4.69, 9.17) is 14.2 Å². The van der Waals surface area contributed by atoms with Gasteiger partial charge in [0.05, 0.1) is 49.5 Å². The topological polar surface area (TPSA) is 27.7 Å². The first kappa shape index (κ1) is 30.3. The molecule has 37 heavy (non-hydrogen) atoms. The predicted octanol–water partition coefficient (Wildman–Crippen LogP) is 6.91. The van der Waals surface area contributed by atoms with Crippen molar-refractivity contribution in [3.8, 4) is 17.2 Å². The smallest absolute Gasteiger partial charge is 0.157 e. The van der Waals surface area contributed by atoms with Crippen LogP contribution < -0.4 is 14.2 Å². The van der Waals surface area contributed by atoms with E-state index >= 15 is 0 Å². The molecule has 0 saturated heterocycles. The van der Waals surface area contributed by atoms with E-state index in [2.05, 4.69) is 108 Å². The largest absolute Gasteiger partial charge is 0.497 e. The lowest BCUT2D eigenvalue weighted by atomic mass is 9.34. The minimum absolute atomic E-state index is 0.477. The molecule has 0 amide bonds. The average molecular weight is 505 g/mol. The highest BCUT2D eigenvalue weighted by Crippen LogP contribution is 2.31. The fourth-order valence-electron chi connectivity index (χ4n) is 4.44. The molecule has 0 N–H and O–H groups in total. The number of hydrogen-bond acceptors (Lipinski definition) is 3. The zero-order chi connectivity index (χ0) is 27.3. The Bertz CT molecular complexity index is 956. The first-order chi connectivity index (χ1) is 17.7. The number of unbranched alkanes of at least 4 members (excludes halogenated alkanes) is 1. The summed E-state index contributed by atoms with van der Waals surface area (Å²) in [6.07, 6.45) is 5.65. The first-order valence-electron chi connectivity index (χ1n) is 13.4. The van der Waals surface area contributed by atoms with Crippen LogP contribution in [0.1, 0.15) is 48.7 Å². The SMILES string of the molecule is CCCCC(B(Cc1ccc(OC)cc1)Cc1ccc(OC)cc1)c1ccc(OC)cc1.C[N+](C)(C)C. The molecular formula is C32H47BNO3+. The van der Waals surface area contributed by atoms with Gasteiger partial charge in [0.1, 0.15) is 17.2 Å². The molecule has 4 nitrogen and oxygen atoms in total. The minimum Gasteiger partial charge on any atom is -0.497 e. The van der Waals surface area contributed by atoms with Gasteiger partial charge in [0.2, 0.25) is 0 Å². The summed E-state index contributed by atoms with van der Waals surface area (Å²) in [4.78, 5) is 0. The molecule has 0 aliphatic rings. The first-order valence-corrected chi connectivity index (χ1v) is 13.4. The van der Waals surface area contributed by atoms with Gasteiger partial charge in [0, 0.05) is 0 Å². The van der Waals surface area contributed by atoms with Gasteiger partial charge in [-0.25, -0.2) is 0 Å². The van der Waals surface area contributed by atoms with Crippen molar-refractivity contribution < 1.29 is 18.7 Å². The van der Waals surface area contributed by atoms with E-state index in [1.54, 1.807) is 21.3 Å². The molecule has 0 heterocycles. The summed E-state index contributed by atoms with van der Waals surface area (Å²) in [6.45, 7) is 2.75. The van der Waals surface area contributed by atoms with Crippen molar-refractivity contribution in [2.24, 2.45) is 0 Å². The van der Waals surface area contributed by atoms with Crippen LogP contribution in [-0.4, -0.2) is 60.7 Å². The van der Waals surface area contributed by atoms with Crippen molar-refractivity contribution in [1.29, 1.82) is 0 Å². The minimum atomic E-state index is 0.477. The van der Waals surface area contributed by atoms with Gasteiger partial charge in [-0.15, -0.1) is 0 Å². The van der Waals surface area contributed by atoms with Crippen molar-refractivity contribution in [2.45, 2.75) is 44.6 Å². The Hall–Kier alpha value is -2.92. The number of nitrogens with zero attached hydrogens (tertiary/aromatic N) is 1. The van der Waals surface area contributed by atoms with Crippen LogP contribution in [0.25, 0.3) is 0 Å². The molecule has 0 aliphatic carbocycles. The van der Waals surface area contributed by atoms with Crippen LogP contribution in [0.15, 0.2) is 72.8 Å². The molecule has 1 atom stereocenters. The van der Waals surface area contributed by atoms with Crippen LogP contribution in [0.4, 0.5) is 0 Å². The van der Waals surface area contributed by atoms with Gasteiger partial charge in [-0.1, -0.05) is 79.3 Å². The number of hydrogen-bond donors (Lipinski definition) is 0. The molecule has 3 aromatic carbocycles. The number of benzene rings is 3. The van der Waals surface area contributed by atoms with Crippen LogP contribution in [0, 0.1) is 0 Å². The van der Waals surface area contributed by atoms with Crippen molar-refractivity contribution in [1.82, 2.24) is 0 Å². The normalized spacial score (nSPS) is 11.7. The van der Waals surface area contributed by atoms with Crippen LogP contribution in [0.3, 0.4) is 0 Å². The molecule has 1 unspecified atom stereocenters. The molecular weight excluding hydrogens is 457 g/mol. The summed E-state index contributed by atoms with van der Waals surface area (Å²) >= 11 is 0. The highest BCUT2D eigenvalue weighted by Gasteiger charge is 2.27. The molecule has 3 aromatic rings. The standard InChI is InChI=1S/C28H35BO3.C4H12N/c1-5-6-7-28(24-12-18-27(32-4)19-13-24)29(20-22-8-14-25(30-2)15-9-22)21-23-10-16-26(31-3)17-11-23;1-5(2,3)4/h8-19,28H,5-7,20-21H2,1-4H3;1-4H3/q;+1. The highest BCUT2D eigenvalue weighted by molar-refractivity contribution is 6.59. The second-order valence-electron chi connectivity index (χ2n) is 11.1. The second kappa shape index (κ2) is 15.4. The molecule has 0 aromatic heterocycles. The van der Waals surface area contributed by atoms with Crippen molar-refractivity contribution >= 4 is 6.71 Å². The Morgan fingerprint density at radius 1 is 0.622 bits per heavy atom. The fraction of sp³-hybridized carbons (Fsp3) is 0.438. The summed E-state index contributed by atoms with van der Waals surface area (Å²) in [5.74, 6) is 3.19. The van der Waals surface area contributed by atoms with Crippen molar-refractivity contribution in [3.63, 3.8) is 0 Å². The Morgan fingerprint density at radius 3 is 1.30 bits per heavy atom. The molecule has 3 rings (SSSR count). The van der Waals surface area contributed by atoms with Crippen LogP contribution >= 0.6 is 0 Å². The number of rotatable bonds is 12. The van der Waals surface area contributed by atoms with Crippen molar-refractivity contribution in [3.05, 3.63) is 89.5 Å². The van der Waals surface area contributed by atoms with E-state index in [9.17, 15) is 0 Å². The molecule has 0 fully saturated rings. The predicted molar refractivity (Wildman–Crippen MR) is 158 cm³/mol.